The van der Waals surface area contributed by atoms with Gasteiger partial charge in [-0.15, -0.1) is 0 Å². The number of aromatic nitrogens is 1. The normalized spacial score (nSPS) is 11.4. The van der Waals surface area contributed by atoms with Crippen LogP contribution in [-0.2, 0) is 16.4 Å². The molecule has 0 atom stereocenters. The van der Waals surface area contributed by atoms with Gasteiger partial charge in [0.15, 0.2) is 9.84 Å². The fourth-order valence-corrected chi connectivity index (χ4v) is 2.61. The summed E-state index contributed by atoms with van der Waals surface area (Å²) in [5, 5.41) is 13.1. The molecule has 0 aliphatic rings. The van der Waals surface area contributed by atoms with Crippen molar-refractivity contribution in [3.8, 4) is 5.75 Å². The number of nitrogens with one attached hydrogen (secondary N) is 1. The second-order valence-electron chi connectivity index (χ2n) is 4.69. The summed E-state index contributed by atoms with van der Waals surface area (Å²) in [6.07, 6.45) is 1.13. The molecule has 2 aromatic rings. The Morgan fingerprint density at radius 1 is 1.29 bits per heavy atom. The van der Waals surface area contributed by atoms with Gasteiger partial charge in [-0.2, -0.15) is 0 Å². The molecule has 0 aliphatic heterocycles. The van der Waals surface area contributed by atoms with Crippen LogP contribution in [0.2, 0.25) is 5.02 Å². The van der Waals surface area contributed by atoms with Crippen LogP contribution in [0.25, 0.3) is 0 Å². The lowest BCUT2D eigenvalue weighted by molar-refractivity contribution is 0.464. The van der Waals surface area contributed by atoms with E-state index in [2.05, 4.69) is 10.3 Å². The van der Waals surface area contributed by atoms with Gasteiger partial charge in [-0.1, -0.05) is 11.6 Å². The Morgan fingerprint density at radius 2 is 2.00 bits per heavy atom. The number of nitrogens with zero attached hydrogens (tertiary/aromatic N) is 1. The summed E-state index contributed by atoms with van der Waals surface area (Å²) < 4.78 is 23.1. The Bertz CT molecular complexity index is 776. The second-order valence-corrected chi connectivity index (χ2v) is 7.11. The Morgan fingerprint density at radius 3 is 2.67 bits per heavy atom. The summed E-state index contributed by atoms with van der Waals surface area (Å²) in [7, 11) is -3.30. The number of hydrogen-bond donors (Lipinski definition) is 2. The number of hydrogen-bond acceptors (Lipinski definition) is 5. The standard InChI is InChI=1S/C14H15ClN2O3S/c1-9-3-6-14(18)13(17-9)8-16-12-7-10(21(2,19)20)4-5-11(12)15/h3-7,16,18H,8H2,1-2H3. The molecular formula is C14H15ClN2O3S. The summed E-state index contributed by atoms with van der Waals surface area (Å²) in [5.41, 5.74) is 1.72. The van der Waals surface area contributed by atoms with E-state index >= 15 is 0 Å². The molecule has 0 unspecified atom stereocenters. The molecule has 0 aliphatic carbocycles. The van der Waals surface area contributed by atoms with Crippen LogP contribution in [0.1, 0.15) is 11.4 Å². The Labute approximate surface area is 128 Å². The third-order valence-corrected chi connectivity index (χ3v) is 4.34. The second kappa shape index (κ2) is 5.91. The largest absolute Gasteiger partial charge is 0.506 e. The van der Waals surface area contributed by atoms with Gasteiger partial charge >= 0.3 is 0 Å². The van der Waals surface area contributed by atoms with E-state index in [-0.39, 0.29) is 17.2 Å². The average Bonchev–Trinajstić information content (AvgIpc) is 2.40. The van der Waals surface area contributed by atoms with Crippen molar-refractivity contribution in [2.45, 2.75) is 18.4 Å². The van der Waals surface area contributed by atoms with E-state index in [4.69, 9.17) is 11.6 Å². The third-order valence-electron chi connectivity index (χ3n) is 2.90. The molecule has 2 rings (SSSR count). The topological polar surface area (TPSA) is 79.3 Å². The average molecular weight is 327 g/mol. The lowest BCUT2D eigenvalue weighted by Crippen LogP contribution is -2.05. The number of aromatic hydroxyl groups is 1. The number of sulfone groups is 1. The SMILES string of the molecule is Cc1ccc(O)c(CNc2cc(S(C)(=O)=O)ccc2Cl)n1. The van der Waals surface area contributed by atoms with Crippen LogP contribution < -0.4 is 5.32 Å². The van der Waals surface area contributed by atoms with Crippen molar-refractivity contribution in [1.82, 2.24) is 4.98 Å². The Kier molecular flexibility index (Phi) is 4.39. The van der Waals surface area contributed by atoms with Gasteiger partial charge in [0.05, 0.1) is 22.2 Å². The molecule has 21 heavy (non-hydrogen) atoms. The van der Waals surface area contributed by atoms with E-state index in [9.17, 15) is 13.5 Å². The molecule has 1 aromatic heterocycles. The van der Waals surface area contributed by atoms with Gasteiger partial charge in [-0.05, 0) is 37.3 Å². The van der Waals surface area contributed by atoms with Gasteiger partial charge in [0.25, 0.3) is 0 Å². The number of anilines is 1. The van der Waals surface area contributed by atoms with Crippen LogP contribution in [0.4, 0.5) is 5.69 Å². The van der Waals surface area contributed by atoms with Crippen LogP contribution in [0.15, 0.2) is 35.2 Å². The zero-order valence-electron chi connectivity index (χ0n) is 11.6. The molecule has 7 heteroatoms. The van der Waals surface area contributed by atoms with Crippen LogP contribution in [0.3, 0.4) is 0 Å². The quantitative estimate of drug-likeness (QED) is 0.903. The minimum Gasteiger partial charge on any atom is -0.506 e. The van der Waals surface area contributed by atoms with E-state index in [0.717, 1.165) is 11.9 Å². The monoisotopic (exact) mass is 326 g/mol. The molecule has 0 radical (unpaired) electrons. The maximum Gasteiger partial charge on any atom is 0.175 e. The molecule has 0 amide bonds. The highest BCUT2D eigenvalue weighted by atomic mass is 35.5. The first-order chi connectivity index (χ1) is 9.77. The molecule has 0 spiro atoms. The molecule has 0 bridgehead atoms. The molecule has 2 N–H and O–H groups in total. The molecule has 1 aromatic carbocycles. The molecule has 0 fully saturated rings. The van der Waals surface area contributed by atoms with E-state index in [1.54, 1.807) is 12.1 Å². The smallest absolute Gasteiger partial charge is 0.175 e. The third kappa shape index (κ3) is 3.86. The number of aryl methyl sites for hydroxylation is 1. The predicted octanol–water partition coefficient (Wildman–Crippen LogP) is 2.76. The van der Waals surface area contributed by atoms with Crippen molar-refractivity contribution in [1.29, 1.82) is 0 Å². The molecule has 5 nitrogen and oxygen atoms in total. The van der Waals surface area contributed by atoms with Crippen molar-refractivity contribution < 1.29 is 13.5 Å². The van der Waals surface area contributed by atoms with Crippen molar-refractivity contribution in [3.05, 3.63) is 46.7 Å². The van der Waals surface area contributed by atoms with Gasteiger partial charge in [0.1, 0.15) is 11.4 Å². The van der Waals surface area contributed by atoms with Crippen LogP contribution in [0, 0.1) is 6.92 Å². The minimum absolute atomic E-state index is 0.0727. The Balaban J connectivity index is 2.26. The molecular weight excluding hydrogens is 312 g/mol. The highest BCUT2D eigenvalue weighted by Gasteiger charge is 2.11. The van der Waals surface area contributed by atoms with Crippen molar-refractivity contribution >= 4 is 27.1 Å². The van der Waals surface area contributed by atoms with Gasteiger partial charge < -0.3 is 10.4 Å². The summed E-state index contributed by atoms with van der Waals surface area (Å²) in [4.78, 5) is 4.39. The van der Waals surface area contributed by atoms with Crippen LogP contribution >= 0.6 is 11.6 Å². The summed E-state index contributed by atoms with van der Waals surface area (Å²) >= 11 is 6.04. The zero-order valence-corrected chi connectivity index (χ0v) is 13.2. The minimum atomic E-state index is -3.30. The Hall–Kier alpha value is -1.79. The van der Waals surface area contributed by atoms with Gasteiger partial charge in [0.2, 0.25) is 0 Å². The van der Waals surface area contributed by atoms with Crippen molar-refractivity contribution in [2.24, 2.45) is 0 Å². The van der Waals surface area contributed by atoms with Crippen molar-refractivity contribution in [2.75, 3.05) is 11.6 Å². The maximum atomic E-state index is 11.5. The summed E-state index contributed by atoms with van der Waals surface area (Å²) in [5.74, 6) is 0.0727. The maximum absolute atomic E-state index is 11.5. The van der Waals surface area contributed by atoms with Gasteiger partial charge in [-0.25, -0.2) is 8.42 Å². The van der Waals surface area contributed by atoms with E-state index in [1.165, 1.54) is 18.2 Å². The number of rotatable bonds is 4. The fraction of sp³-hybridized carbons (Fsp3) is 0.214. The first-order valence-corrected chi connectivity index (χ1v) is 8.43. The lowest BCUT2D eigenvalue weighted by atomic mass is 10.2. The molecule has 0 saturated heterocycles. The number of pyridine rings is 1. The van der Waals surface area contributed by atoms with E-state index in [1.807, 2.05) is 6.92 Å². The zero-order chi connectivity index (χ0) is 15.6. The van der Waals surface area contributed by atoms with Crippen molar-refractivity contribution in [3.63, 3.8) is 0 Å². The predicted molar refractivity (Wildman–Crippen MR) is 82.5 cm³/mol. The molecule has 112 valence electrons. The van der Waals surface area contributed by atoms with E-state index < -0.39 is 9.84 Å². The first kappa shape index (κ1) is 15.6. The van der Waals surface area contributed by atoms with Gasteiger partial charge in [0, 0.05) is 11.9 Å². The summed E-state index contributed by atoms with van der Waals surface area (Å²) in [6.45, 7) is 2.06. The van der Waals surface area contributed by atoms with E-state index in [0.29, 0.717) is 16.4 Å². The van der Waals surface area contributed by atoms with Crippen LogP contribution in [0.5, 0.6) is 5.75 Å². The van der Waals surface area contributed by atoms with Gasteiger partial charge in [-0.3, -0.25) is 4.98 Å². The molecule has 0 saturated carbocycles. The fourth-order valence-electron chi connectivity index (χ4n) is 1.78. The highest BCUT2D eigenvalue weighted by Crippen LogP contribution is 2.26. The summed E-state index contributed by atoms with van der Waals surface area (Å²) in [6, 6.07) is 7.70. The van der Waals surface area contributed by atoms with Crippen LogP contribution in [-0.4, -0.2) is 24.8 Å². The number of benzene rings is 1. The molecule has 1 heterocycles. The lowest BCUT2D eigenvalue weighted by Gasteiger charge is -2.11. The number of halogens is 1. The first-order valence-electron chi connectivity index (χ1n) is 6.16. The highest BCUT2D eigenvalue weighted by molar-refractivity contribution is 7.90.